The molecule has 9 heteroatoms. The second-order valence-corrected chi connectivity index (χ2v) is 8.16. The van der Waals surface area contributed by atoms with Gasteiger partial charge in [0.2, 0.25) is 0 Å². The predicted molar refractivity (Wildman–Crippen MR) is 125 cm³/mol. The van der Waals surface area contributed by atoms with E-state index in [1.807, 2.05) is 19.0 Å². The van der Waals surface area contributed by atoms with E-state index in [9.17, 15) is 14.7 Å². The molecule has 2 aromatic rings. The highest BCUT2D eigenvalue weighted by atomic mass is 35.5. The third kappa shape index (κ3) is 4.77. The summed E-state index contributed by atoms with van der Waals surface area (Å²) in [4.78, 5) is 29.5. The number of aliphatic hydroxyl groups is 1. The minimum absolute atomic E-state index is 0.0385. The number of amides is 1. The summed E-state index contributed by atoms with van der Waals surface area (Å²) in [6.45, 7) is 0.836. The van der Waals surface area contributed by atoms with Crippen molar-refractivity contribution in [1.82, 2.24) is 9.80 Å². The van der Waals surface area contributed by atoms with Gasteiger partial charge in [-0.25, -0.2) is 0 Å². The highest BCUT2D eigenvalue weighted by molar-refractivity contribution is 6.46. The smallest absolute Gasteiger partial charge is 0.295 e. The van der Waals surface area contributed by atoms with Crippen molar-refractivity contribution in [2.24, 2.45) is 0 Å². The van der Waals surface area contributed by atoms with Crippen LogP contribution in [0.2, 0.25) is 5.02 Å². The van der Waals surface area contributed by atoms with Crippen molar-refractivity contribution in [3.05, 3.63) is 58.1 Å². The Morgan fingerprint density at radius 1 is 1.03 bits per heavy atom. The molecule has 1 N–H and O–H groups in total. The minimum atomic E-state index is -0.790. The Balaban J connectivity index is 2.21. The van der Waals surface area contributed by atoms with Crippen LogP contribution in [0.4, 0.5) is 0 Å². The van der Waals surface area contributed by atoms with E-state index < -0.39 is 17.7 Å². The molecular weight excluding hydrogens is 448 g/mol. The fourth-order valence-electron chi connectivity index (χ4n) is 3.74. The number of halogens is 1. The average molecular weight is 475 g/mol. The van der Waals surface area contributed by atoms with Gasteiger partial charge in [-0.1, -0.05) is 23.7 Å². The lowest BCUT2D eigenvalue weighted by Gasteiger charge is -2.26. The van der Waals surface area contributed by atoms with Crippen LogP contribution in [0.25, 0.3) is 5.76 Å². The zero-order valence-electron chi connectivity index (χ0n) is 19.2. The normalized spacial score (nSPS) is 17.5. The van der Waals surface area contributed by atoms with Gasteiger partial charge in [0.25, 0.3) is 11.7 Å². The second kappa shape index (κ2) is 10.1. The maximum absolute atomic E-state index is 13.1. The van der Waals surface area contributed by atoms with Crippen LogP contribution in [0.3, 0.4) is 0 Å². The number of methoxy groups -OCH3 is 3. The van der Waals surface area contributed by atoms with Crippen molar-refractivity contribution in [3.8, 4) is 17.2 Å². The molecule has 1 fully saturated rings. The maximum Gasteiger partial charge on any atom is 0.295 e. The molecule has 1 aliphatic rings. The number of likely N-dealkylation sites (N-methyl/N-ethyl adjacent to an activating group) is 1. The molecule has 33 heavy (non-hydrogen) atoms. The van der Waals surface area contributed by atoms with Gasteiger partial charge in [-0.3, -0.25) is 9.59 Å². The number of carbonyl (C=O) groups is 2. The Morgan fingerprint density at radius 2 is 1.67 bits per heavy atom. The van der Waals surface area contributed by atoms with E-state index in [-0.39, 0.29) is 27.7 Å². The summed E-state index contributed by atoms with van der Waals surface area (Å²) in [7, 11) is 8.19. The SMILES string of the molecule is COc1ccc(C2/C(=C(\O)c3cc(Cl)c(OC)cc3OC)C(=O)C(=O)N2CCN(C)C)cc1. The average Bonchev–Trinajstić information content (AvgIpc) is 3.06. The van der Waals surface area contributed by atoms with Gasteiger partial charge in [-0.05, 0) is 37.9 Å². The van der Waals surface area contributed by atoms with Crippen molar-refractivity contribution >= 4 is 29.1 Å². The summed E-state index contributed by atoms with van der Waals surface area (Å²) in [5.74, 6) is -0.598. The van der Waals surface area contributed by atoms with Crippen molar-refractivity contribution < 1.29 is 28.9 Å². The van der Waals surface area contributed by atoms with E-state index >= 15 is 0 Å². The van der Waals surface area contributed by atoms with Gasteiger partial charge in [-0.2, -0.15) is 0 Å². The largest absolute Gasteiger partial charge is 0.507 e. The summed E-state index contributed by atoms with van der Waals surface area (Å²) in [6, 6.07) is 9.20. The Morgan fingerprint density at radius 3 is 2.21 bits per heavy atom. The van der Waals surface area contributed by atoms with E-state index in [4.69, 9.17) is 25.8 Å². The zero-order valence-corrected chi connectivity index (χ0v) is 20.0. The first-order valence-electron chi connectivity index (χ1n) is 10.2. The molecule has 1 unspecified atom stereocenters. The Hall–Kier alpha value is -3.23. The van der Waals surface area contributed by atoms with E-state index in [0.717, 1.165) is 0 Å². The molecule has 8 nitrogen and oxygen atoms in total. The standard InChI is InChI=1S/C24H27ClN2O6/c1-26(2)10-11-27-21(14-6-8-15(31-3)9-7-14)20(23(29)24(27)30)22(28)16-12-17(25)19(33-5)13-18(16)32-4/h6-9,12-13,21,28H,10-11H2,1-5H3/b22-20+. The molecule has 1 saturated heterocycles. The highest BCUT2D eigenvalue weighted by Gasteiger charge is 2.46. The molecular formula is C24H27ClN2O6. The first kappa shape index (κ1) is 24.4. The molecule has 0 bridgehead atoms. The first-order valence-corrected chi connectivity index (χ1v) is 10.6. The Bertz CT molecular complexity index is 1080. The fraction of sp³-hybridized carbons (Fsp3) is 0.333. The number of Topliss-reactive ketones (excluding diaryl/α,β-unsaturated/α-hetero) is 1. The molecule has 0 saturated carbocycles. The Labute approximate surface area is 197 Å². The van der Waals surface area contributed by atoms with Gasteiger partial charge in [0, 0.05) is 19.2 Å². The van der Waals surface area contributed by atoms with Gasteiger partial charge in [-0.15, -0.1) is 0 Å². The van der Waals surface area contributed by atoms with E-state index in [1.54, 1.807) is 31.4 Å². The molecule has 0 spiro atoms. The van der Waals surface area contributed by atoms with Crippen molar-refractivity contribution in [2.75, 3.05) is 48.5 Å². The summed E-state index contributed by atoms with van der Waals surface area (Å²) in [5.41, 5.74) is 0.810. The third-order valence-electron chi connectivity index (χ3n) is 5.49. The summed E-state index contributed by atoms with van der Waals surface area (Å²) in [6.07, 6.45) is 0. The van der Waals surface area contributed by atoms with Crippen molar-refractivity contribution in [3.63, 3.8) is 0 Å². The zero-order chi connectivity index (χ0) is 24.3. The van der Waals surface area contributed by atoms with Gasteiger partial charge in [0.15, 0.2) is 0 Å². The number of nitrogens with zero attached hydrogens (tertiary/aromatic N) is 2. The van der Waals surface area contributed by atoms with Crippen LogP contribution in [-0.4, -0.2) is 75.1 Å². The molecule has 1 heterocycles. The number of likely N-dealkylation sites (tertiary alicyclic amines) is 1. The monoisotopic (exact) mass is 474 g/mol. The van der Waals surface area contributed by atoms with Crippen LogP contribution < -0.4 is 14.2 Å². The summed E-state index contributed by atoms with van der Waals surface area (Å²) < 4.78 is 15.8. The lowest BCUT2D eigenvalue weighted by molar-refractivity contribution is -0.140. The molecule has 176 valence electrons. The summed E-state index contributed by atoms with van der Waals surface area (Å²) in [5, 5.41) is 11.5. The number of ketones is 1. The molecule has 0 aromatic heterocycles. The number of rotatable bonds is 8. The van der Waals surface area contributed by atoms with Crippen LogP contribution in [0.5, 0.6) is 17.2 Å². The topological polar surface area (TPSA) is 88.5 Å². The van der Waals surface area contributed by atoms with Gasteiger partial charge < -0.3 is 29.1 Å². The number of aliphatic hydroxyl groups excluding tert-OH is 1. The highest BCUT2D eigenvalue weighted by Crippen LogP contribution is 2.43. The fourth-order valence-corrected chi connectivity index (χ4v) is 3.98. The van der Waals surface area contributed by atoms with E-state index in [0.29, 0.717) is 30.2 Å². The predicted octanol–water partition coefficient (Wildman–Crippen LogP) is 3.35. The van der Waals surface area contributed by atoms with Gasteiger partial charge in [0.05, 0.1) is 43.5 Å². The molecule has 2 aromatic carbocycles. The molecule has 0 aliphatic carbocycles. The molecule has 0 radical (unpaired) electrons. The van der Waals surface area contributed by atoms with Crippen molar-refractivity contribution in [2.45, 2.75) is 6.04 Å². The van der Waals surface area contributed by atoms with Crippen LogP contribution in [-0.2, 0) is 9.59 Å². The van der Waals surface area contributed by atoms with Crippen LogP contribution in [0, 0.1) is 0 Å². The Kier molecular flexibility index (Phi) is 7.50. The molecule has 1 atom stereocenters. The van der Waals surface area contributed by atoms with Gasteiger partial charge in [0.1, 0.15) is 23.0 Å². The summed E-state index contributed by atoms with van der Waals surface area (Å²) >= 11 is 6.28. The first-order chi connectivity index (χ1) is 15.7. The number of benzene rings is 2. The number of hydrogen-bond acceptors (Lipinski definition) is 7. The van der Waals surface area contributed by atoms with E-state index in [2.05, 4.69) is 0 Å². The van der Waals surface area contributed by atoms with Crippen LogP contribution in [0.1, 0.15) is 17.2 Å². The van der Waals surface area contributed by atoms with E-state index in [1.165, 1.54) is 31.3 Å². The quantitative estimate of drug-likeness (QED) is 0.356. The lowest BCUT2D eigenvalue weighted by Crippen LogP contribution is -2.35. The minimum Gasteiger partial charge on any atom is -0.507 e. The number of ether oxygens (including phenoxy) is 3. The molecule has 3 rings (SSSR count). The van der Waals surface area contributed by atoms with Crippen LogP contribution in [0.15, 0.2) is 42.0 Å². The number of hydrogen-bond donors (Lipinski definition) is 1. The van der Waals surface area contributed by atoms with Crippen LogP contribution >= 0.6 is 11.6 Å². The second-order valence-electron chi connectivity index (χ2n) is 7.76. The van der Waals surface area contributed by atoms with Crippen molar-refractivity contribution in [1.29, 1.82) is 0 Å². The maximum atomic E-state index is 13.1. The van der Waals surface area contributed by atoms with Gasteiger partial charge >= 0.3 is 0 Å². The third-order valence-corrected chi connectivity index (χ3v) is 5.78. The molecule has 1 amide bonds. The number of carbonyl (C=O) groups excluding carboxylic acids is 2. The lowest BCUT2D eigenvalue weighted by atomic mass is 9.95. The molecule has 1 aliphatic heterocycles.